The van der Waals surface area contributed by atoms with Gasteiger partial charge in [0.15, 0.2) is 5.78 Å². The second kappa shape index (κ2) is 29.6. The molecular weight excluding hydrogens is 496 g/mol. The van der Waals surface area contributed by atoms with Gasteiger partial charge in [-0.05, 0) is 19.3 Å². The van der Waals surface area contributed by atoms with Crippen molar-refractivity contribution >= 4 is 11.8 Å². The van der Waals surface area contributed by atoms with Crippen LogP contribution in [0.25, 0.3) is 0 Å². The van der Waals surface area contributed by atoms with Gasteiger partial charge in [0.05, 0.1) is 0 Å². The van der Waals surface area contributed by atoms with Crippen LogP contribution in [0, 0.1) is 0 Å². The van der Waals surface area contributed by atoms with Crippen molar-refractivity contribution in [1.82, 2.24) is 0 Å². The summed E-state index contributed by atoms with van der Waals surface area (Å²) in [6, 6.07) is 0. The minimum Gasteiger partial charge on any atom is -0.479 e. The van der Waals surface area contributed by atoms with Gasteiger partial charge in [-0.2, -0.15) is 0 Å². The summed E-state index contributed by atoms with van der Waals surface area (Å²) < 4.78 is 0. The van der Waals surface area contributed by atoms with Crippen molar-refractivity contribution < 1.29 is 19.8 Å². The van der Waals surface area contributed by atoms with E-state index in [4.69, 9.17) is 0 Å². The summed E-state index contributed by atoms with van der Waals surface area (Å²) in [6.45, 7) is 4.52. The maximum Gasteiger partial charge on any atom is 0.343 e. The van der Waals surface area contributed by atoms with Crippen LogP contribution in [-0.4, -0.2) is 27.6 Å². The van der Waals surface area contributed by atoms with Crippen molar-refractivity contribution in [1.29, 1.82) is 0 Å². The Hall–Kier alpha value is -0.900. The molecule has 4 heteroatoms. The average Bonchev–Trinajstić information content (AvgIpc) is 2.94. The van der Waals surface area contributed by atoms with Crippen LogP contribution in [0.5, 0.6) is 0 Å². The number of rotatable bonds is 33. The molecule has 2 N–H and O–H groups in total. The molecule has 0 aliphatic heterocycles. The first-order chi connectivity index (χ1) is 19.5. The summed E-state index contributed by atoms with van der Waals surface area (Å²) >= 11 is 0. The van der Waals surface area contributed by atoms with Gasteiger partial charge in [0.2, 0.25) is 5.60 Å². The number of hydrogen-bond donors (Lipinski definition) is 2. The molecule has 0 aromatic rings. The molecule has 0 aromatic carbocycles. The molecular formula is C36H70O4. The Kier molecular flexibility index (Phi) is 28.9. The number of carboxylic acids is 1. The summed E-state index contributed by atoms with van der Waals surface area (Å²) in [7, 11) is 0. The van der Waals surface area contributed by atoms with E-state index in [1.807, 2.05) is 0 Å². The fourth-order valence-electron chi connectivity index (χ4n) is 5.80. The van der Waals surface area contributed by atoms with Gasteiger partial charge in [-0.1, -0.05) is 187 Å². The molecule has 1 unspecified atom stereocenters. The summed E-state index contributed by atoms with van der Waals surface area (Å²) in [5.41, 5.74) is -2.19. The Morgan fingerprint density at radius 2 is 0.675 bits per heavy atom. The molecule has 0 aromatic heterocycles. The predicted molar refractivity (Wildman–Crippen MR) is 172 cm³/mol. The Morgan fingerprint density at radius 1 is 0.425 bits per heavy atom. The first-order valence-corrected chi connectivity index (χ1v) is 18.0. The molecule has 0 saturated heterocycles. The van der Waals surface area contributed by atoms with Crippen LogP contribution in [0.3, 0.4) is 0 Å². The summed E-state index contributed by atoms with van der Waals surface area (Å²) in [5.74, 6) is -1.86. The third-order valence-corrected chi connectivity index (χ3v) is 8.71. The third kappa shape index (κ3) is 23.8. The molecule has 0 fully saturated rings. The monoisotopic (exact) mass is 567 g/mol. The molecule has 238 valence electrons. The molecule has 1 atom stereocenters. The van der Waals surface area contributed by atoms with Crippen LogP contribution in [0.1, 0.15) is 213 Å². The van der Waals surface area contributed by atoms with Crippen LogP contribution in [0.15, 0.2) is 0 Å². The predicted octanol–water partition coefficient (Wildman–Crippen LogP) is 11.5. The molecule has 0 radical (unpaired) electrons. The van der Waals surface area contributed by atoms with E-state index in [1.54, 1.807) is 0 Å². The molecule has 0 spiro atoms. The fourth-order valence-corrected chi connectivity index (χ4v) is 5.80. The molecule has 40 heavy (non-hydrogen) atoms. The van der Waals surface area contributed by atoms with E-state index in [2.05, 4.69) is 13.8 Å². The first-order valence-electron chi connectivity index (χ1n) is 18.0. The summed E-state index contributed by atoms with van der Waals surface area (Å²) in [6.07, 6.45) is 36.1. The lowest BCUT2D eigenvalue weighted by molar-refractivity contribution is -0.166. The third-order valence-electron chi connectivity index (χ3n) is 8.71. The number of carbonyl (C=O) groups is 2. The Morgan fingerprint density at radius 3 is 0.950 bits per heavy atom. The number of carbonyl (C=O) groups excluding carboxylic acids is 1. The maximum atomic E-state index is 12.6. The highest BCUT2D eigenvalue weighted by molar-refractivity contribution is 6.06. The van der Waals surface area contributed by atoms with Gasteiger partial charge in [-0.3, -0.25) is 4.79 Å². The number of ketones is 1. The molecule has 0 bridgehead atoms. The van der Waals surface area contributed by atoms with Crippen LogP contribution in [-0.2, 0) is 9.59 Å². The zero-order chi connectivity index (χ0) is 29.6. The smallest absolute Gasteiger partial charge is 0.343 e. The zero-order valence-electron chi connectivity index (χ0n) is 27.1. The highest BCUT2D eigenvalue weighted by atomic mass is 16.4. The molecule has 0 heterocycles. The van der Waals surface area contributed by atoms with E-state index in [-0.39, 0.29) is 12.8 Å². The fraction of sp³-hybridized carbons (Fsp3) is 0.944. The van der Waals surface area contributed by atoms with E-state index in [0.29, 0.717) is 12.8 Å². The lowest BCUT2D eigenvalue weighted by atomic mass is 9.88. The molecule has 0 aliphatic rings. The first kappa shape index (κ1) is 39.1. The summed E-state index contributed by atoms with van der Waals surface area (Å²) in [5, 5.41) is 20.2. The molecule has 4 nitrogen and oxygen atoms in total. The van der Waals surface area contributed by atoms with E-state index in [0.717, 1.165) is 32.1 Å². The van der Waals surface area contributed by atoms with Gasteiger partial charge in [-0.25, -0.2) is 4.79 Å². The minimum atomic E-state index is -2.19. The Labute approximate surface area is 249 Å². The van der Waals surface area contributed by atoms with Crippen molar-refractivity contribution in [2.45, 2.75) is 218 Å². The lowest BCUT2D eigenvalue weighted by Gasteiger charge is -2.22. The highest BCUT2D eigenvalue weighted by Gasteiger charge is 2.42. The van der Waals surface area contributed by atoms with Gasteiger partial charge >= 0.3 is 5.97 Å². The SMILES string of the molecule is CCCCCCCCCCCCCCCCCC(=O)C(O)(CCCCCCCCCCCCCCCC)C(=O)O. The van der Waals surface area contributed by atoms with E-state index >= 15 is 0 Å². The van der Waals surface area contributed by atoms with Crippen molar-refractivity contribution in [2.24, 2.45) is 0 Å². The number of unbranched alkanes of at least 4 members (excludes halogenated alkanes) is 27. The molecule has 0 rings (SSSR count). The van der Waals surface area contributed by atoms with Gasteiger partial charge in [0.1, 0.15) is 0 Å². The normalized spacial score (nSPS) is 13.0. The highest BCUT2D eigenvalue weighted by Crippen LogP contribution is 2.22. The second-order valence-corrected chi connectivity index (χ2v) is 12.6. The largest absolute Gasteiger partial charge is 0.479 e. The van der Waals surface area contributed by atoms with Gasteiger partial charge in [0, 0.05) is 6.42 Å². The van der Waals surface area contributed by atoms with Crippen molar-refractivity contribution in [3.8, 4) is 0 Å². The second-order valence-electron chi connectivity index (χ2n) is 12.6. The van der Waals surface area contributed by atoms with Crippen LogP contribution in [0.2, 0.25) is 0 Å². The Balaban J connectivity index is 3.68. The van der Waals surface area contributed by atoms with Gasteiger partial charge in [0.25, 0.3) is 0 Å². The lowest BCUT2D eigenvalue weighted by Crippen LogP contribution is -2.46. The number of aliphatic carboxylic acids is 1. The zero-order valence-corrected chi connectivity index (χ0v) is 27.1. The molecule has 0 saturated carbocycles. The number of Topliss-reactive ketones (excluding diaryl/α,β-unsaturated/α-hetero) is 1. The van der Waals surface area contributed by atoms with E-state index < -0.39 is 17.4 Å². The molecule has 0 aliphatic carbocycles. The standard InChI is InChI=1S/C36H70O4/c1-3-5-7-9-11-13-15-17-19-20-22-24-26-28-30-32-34(37)36(40,35(38)39)33-31-29-27-25-23-21-18-16-14-12-10-8-6-4-2/h40H,3-33H2,1-2H3,(H,38,39). The summed E-state index contributed by atoms with van der Waals surface area (Å²) in [4.78, 5) is 24.3. The van der Waals surface area contributed by atoms with Crippen LogP contribution < -0.4 is 0 Å². The molecule has 0 amide bonds. The maximum absolute atomic E-state index is 12.6. The number of aliphatic hydroxyl groups is 1. The van der Waals surface area contributed by atoms with Gasteiger partial charge < -0.3 is 10.2 Å². The van der Waals surface area contributed by atoms with E-state index in [9.17, 15) is 19.8 Å². The van der Waals surface area contributed by atoms with Gasteiger partial charge in [-0.15, -0.1) is 0 Å². The topological polar surface area (TPSA) is 74.6 Å². The quantitative estimate of drug-likeness (QED) is 0.0612. The van der Waals surface area contributed by atoms with Crippen LogP contribution >= 0.6 is 0 Å². The Bertz CT molecular complexity index is 561. The van der Waals surface area contributed by atoms with Crippen molar-refractivity contribution in [3.63, 3.8) is 0 Å². The number of carboxylic acid groups (broad SMARTS) is 1. The van der Waals surface area contributed by atoms with Crippen molar-refractivity contribution in [2.75, 3.05) is 0 Å². The minimum absolute atomic E-state index is 0.0535. The van der Waals surface area contributed by atoms with Crippen molar-refractivity contribution in [3.05, 3.63) is 0 Å². The van der Waals surface area contributed by atoms with E-state index in [1.165, 1.54) is 141 Å². The number of hydrogen-bond acceptors (Lipinski definition) is 3. The average molecular weight is 567 g/mol. The van der Waals surface area contributed by atoms with Crippen LogP contribution in [0.4, 0.5) is 0 Å².